The van der Waals surface area contributed by atoms with Crippen LogP contribution in [-0.2, 0) is 0 Å². The number of nitrogens with zero attached hydrogens (tertiary/aromatic N) is 2. The molecular weight excluding hydrogens is 238 g/mol. The highest BCUT2D eigenvalue weighted by molar-refractivity contribution is 5.92. The summed E-state index contributed by atoms with van der Waals surface area (Å²) in [7, 11) is 0. The average molecular weight is 261 g/mol. The first-order valence-corrected chi connectivity index (χ1v) is 7.04. The van der Waals surface area contributed by atoms with Crippen LogP contribution in [0, 0.1) is 0 Å². The third kappa shape index (κ3) is 3.77. The standard InChI is InChI=1S/C15H23N3O/c1-15(2,18-10-6-3-7-11-18)12-17-14(19)13-8-4-5-9-16-13/h4-5,8-9H,3,6-7,10-12H2,1-2H3,(H,17,19). The first-order valence-electron chi connectivity index (χ1n) is 7.04. The van der Waals surface area contributed by atoms with Crippen LogP contribution in [0.25, 0.3) is 0 Å². The Labute approximate surface area is 115 Å². The molecule has 1 aromatic heterocycles. The molecule has 0 aliphatic carbocycles. The number of carbonyl (C=O) groups excluding carboxylic acids is 1. The summed E-state index contributed by atoms with van der Waals surface area (Å²) in [5.74, 6) is -0.0920. The summed E-state index contributed by atoms with van der Waals surface area (Å²) in [4.78, 5) is 18.5. The molecule has 2 heterocycles. The lowest BCUT2D eigenvalue weighted by Crippen LogP contribution is -2.53. The Morgan fingerprint density at radius 2 is 2.05 bits per heavy atom. The van der Waals surface area contributed by atoms with Gasteiger partial charge in [0.1, 0.15) is 5.69 Å². The lowest BCUT2D eigenvalue weighted by molar-refractivity contribution is 0.0794. The van der Waals surface area contributed by atoms with Crippen LogP contribution in [0.15, 0.2) is 24.4 Å². The van der Waals surface area contributed by atoms with Gasteiger partial charge in [0.25, 0.3) is 5.91 Å². The molecule has 2 rings (SSSR count). The van der Waals surface area contributed by atoms with Crippen molar-refractivity contribution in [1.82, 2.24) is 15.2 Å². The van der Waals surface area contributed by atoms with Crippen LogP contribution in [0.1, 0.15) is 43.6 Å². The van der Waals surface area contributed by atoms with E-state index < -0.39 is 0 Å². The summed E-state index contributed by atoms with van der Waals surface area (Å²) >= 11 is 0. The largest absolute Gasteiger partial charge is 0.349 e. The maximum atomic E-state index is 12.0. The van der Waals surface area contributed by atoms with Crippen molar-refractivity contribution in [1.29, 1.82) is 0 Å². The van der Waals surface area contributed by atoms with E-state index in [-0.39, 0.29) is 11.4 Å². The molecule has 1 aromatic rings. The quantitative estimate of drug-likeness (QED) is 0.902. The molecule has 1 aliphatic heterocycles. The van der Waals surface area contributed by atoms with Crippen molar-refractivity contribution < 1.29 is 4.79 Å². The Hall–Kier alpha value is -1.42. The number of piperidine rings is 1. The van der Waals surface area contributed by atoms with Gasteiger partial charge in [-0.05, 0) is 51.9 Å². The number of aromatic nitrogens is 1. The van der Waals surface area contributed by atoms with Crippen LogP contribution < -0.4 is 5.32 Å². The number of carbonyl (C=O) groups is 1. The minimum atomic E-state index is -0.0920. The molecule has 104 valence electrons. The van der Waals surface area contributed by atoms with E-state index in [2.05, 4.69) is 29.0 Å². The zero-order valence-corrected chi connectivity index (χ0v) is 11.9. The molecule has 0 unspecified atom stereocenters. The summed E-state index contributed by atoms with van der Waals surface area (Å²) in [5, 5.41) is 2.99. The Morgan fingerprint density at radius 3 is 2.68 bits per heavy atom. The molecule has 1 aliphatic rings. The zero-order chi connectivity index (χ0) is 13.7. The molecule has 0 bridgehead atoms. The van der Waals surface area contributed by atoms with Gasteiger partial charge in [-0.2, -0.15) is 0 Å². The lowest BCUT2D eigenvalue weighted by Gasteiger charge is -2.41. The predicted octanol–water partition coefficient (Wildman–Crippen LogP) is 2.08. The van der Waals surface area contributed by atoms with Crippen molar-refractivity contribution in [2.24, 2.45) is 0 Å². The molecule has 4 nitrogen and oxygen atoms in total. The average Bonchev–Trinajstić information content (AvgIpc) is 2.47. The number of pyridine rings is 1. The maximum absolute atomic E-state index is 12.0. The summed E-state index contributed by atoms with van der Waals surface area (Å²) in [6.07, 6.45) is 5.49. The third-order valence-corrected chi connectivity index (χ3v) is 3.79. The van der Waals surface area contributed by atoms with Crippen molar-refractivity contribution in [2.45, 2.75) is 38.6 Å². The number of likely N-dealkylation sites (tertiary alicyclic amines) is 1. The fourth-order valence-electron chi connectivity index (χ4n) is 2.50. The van der Waals surface area contributed by atoms with Crippen molar-refractivity contribution >= 4 is 5.91 Å². The zero-order valence-electron chi connectivity index (χ0n) is 11.9. The molecule has 19 heavy (non-hydrogen) atoms. The Bertz CT molecular complexity index is 411. The highest BCUT2D eigenvalue weighted by atomic mass is 16.1. The molecule has 1 saturated heterocycles. The van der Waals surface area contributed by atoms with Gasteiger partial charge in [-0.25, -0.2) is 0 Å². The molecular formula is C15H23N3O. The molecule has 1 N–H and O–H groups in total. The van der Waals surface area contributed by atoms with Crippen LogP contribution >= 0.6 is 0 Å². The van der Waals surface area contributed by atoms with Crippen molar-refractivity contribution in [3.63, 3.8) is 0 Å². The van der Waals surface area contributed by atoms with Crippen molar-refractivity contribution in [3.05, 3.63) is 30.1 Å². The first-order chi connectivity index (χ1) is 9.09. The normalized spacial score (nSPS) is 17.2. The second kappa shape index (κ2) is 6.15. The van der Waals surface area contributed by atoms with Crippen LogP contribution in [0.3, 0.4) is 0 Å². The fraction of sp³-hybridized carbons (Fsp3) is 0.600. The number of rotatable bonds is 4. The van der Waals surface area contributed by atoms with Crippen LogP contribution in [0.5, 0.6) is 0 Å². The molecule has 0 saturated carbocycles. The van der Waals surface area contributed by atoms with Crippen molar-refractivity contribution in [3.8, 4) is 0 Å². The predicted molar refractivity (Wildman–Crippen MR) is 76.1 cm³/mol. The first kappa shape index (κ1) is 14.0. The van der Waals surface area contributed by atoms with E-state index in [1.807, 2.05) is 12.1 Å². The Balaban J connectivity index is 1.88. The molecule has 0 spiro atoms. The van der Waals surface area contributed by atoms with Crippen molar-refractivity contribution in [2.75, 3.05) is 19.6 Å². The van der Waals surface area contributed by atoms with Gasteiger partial charge in [-0.1, -0.05) is 12.5 Å². The van der Waals surface area contributed by atoms with E-state index in [1.165, 1.54) is 19.3 Å². The van der Waals surface area contributed by atoms with Gasteiger partial charge >= 0.3 is 0 Å². The number of hydrogen-bond acceptors (Lipinski definition) is 3. The van der Waals surface area contributed by atoms with Gasteiger partial charge in [0, 0.05) is 18.3 Å². The number of amides is 1. The van der Waals surface area contributed by atoms with E-state index in [0.717, 1.165) is 13.1 Å². The van der Waals surface area contributed by atoms with Gasteiger partial charge < -0.3 is 5.32 Å². The van der Waals surface area contributed by atoms with Gasteiger partial charge in [0.15, 0.2) is 0 Å². The summed E-state index contributed by atoms with van der Waals surface area (Å²) in [6, 6.07) is 5.38. The van der Waals surface area contributed by atoms with Gasteiger partial charge in [0.05, 0.1) is 0 Å². The summed E-state index contributed by atoms with van der Waals surface area (Å²) < 4.78 is 0. The highest BCUT2D eigenvalue weighted by Gasteiger charge is 2.28. The third-order valence-electron chi connectivity index (χ3n) is 3.79. The highest BCUT2D eigenvalue weighted by Crippen LogP contribution is 2.19. The van der Waals surface area contributed by atoms with Crippen LogP contribution in [0.4, 0.5) is 0 Å². The van der Waals surface area contributed by atoms with E-state index in [4.69, 9.17) is 0 Å². The lowest BCUT2D eigenvalue weighted by atomic mass is 9.98. The topological polar surface area (TPSA) is 45.2 Å². The molecule has 1 fully saturated rings. The Kier molecular flexibility index (Phi) is 4.53. The van der Waals surface area contributed by atoms with Gasteiger partial charge in [0.2, 0.25) is 0 Å². The van der Waals surface area contributed by atoms with E-state index in [1.54, 1.807) is 12.3 Å². The van der Waals surface area contributed by atoms with Gasteiger partial charge in [-0.3, -0.25) is 14.7 Å². The molecule has 0 aromatic carbocycles. The van der Waals surface area contributed by atoms with E-state index in [9.17, 15) is 4.79 Å². The second-order valence-electron chi connectivity index (χ2n) is 5.76. The van der Waals surface area contributed by atoms with E-state index >= 15 is 0 Å². The van der Waals surface area contributed by atoms with Crippen LogP contribution in [0.2, 0.25) is 0 Å². The fourth-order valence-corrected chi connectivity index (χ4v) is 2.50. The van der Waals surface area contributed by atoms with E-state index in [0.29, 0.717) is 12.2 Å². The molecule has 4 heteroatoms. The molecule has 1 amide bonds. The van der Waals surface area contributed by atoms with Gasteiger partial charge in [-0.15, -0.1) is 0 Å². The summed E-state index contributed by atoms with van der Waals surface area (Å²) in [6.45, 7) is 7.30. The molecule has 0 radical (unpaired) electrons. The Morgan fingerprint density at radius 1 is 1.32 bits per heavy atom. The molecule has 0 atom stereocenters. The number of nitrogens with one attached hydrogen (secondary N) is 1. The smallest absolute Gasteiger partial charge is 0.269 e. The second-order valence-corrected chi connectivity index (χ2v) is 5.76. The minimum Gasteiger partial charge on any atom is -0.349 e. The summed E-state index contributed by atoms with van der Waals surface area (Å²) in [5.41, 5.74) is 0.488. The minimum absolute atomic E-state index is 0.00482. The maximum Gasteiger partial charge on any atom is 0.269 e. The van der Waals surface area contributed by atoms with Crippen LogP contribution in [-0.4, -0.2) is 41.0 Å². The monoisotopic (exact) mass is 261 g/mol. The number of hydrogen-bond donors (Lipinski definition) is 1. The SMILES string of the molecule is CC(C)(CNC(=O)c1ccccn1)N1CCCCC1.